The molecule has 0 saturated heterocycles. The molecule has 0 aliphatic carbocycles. The number of rotatable bonds is 1. The first-order valence-corrected chi connectivity index (χ1v) is 7.09. The van der Waals surface area contributed by atoms with Crippen molar-refractivity contribution in [3.63, 3.8) is 0 Å². The van der Waals surface area contributed by atoms with Gasteiger partial charge in [-0.1, -0.05) is 12.1 Å². The molecule has 0 saturated carbocycles. The summed E-state index contributed by atoms with van der Waals surface area (Å²) in [4.78, 5) is 5.73. The first-order valence-electron chi connectivity index (χ1n) is 7.09. The number of likely N-dealkylation sites (N-methyl/N-ethyl adjacent to an activating group) is 1. The fraction of sp³-hybridized carbons (Fsp3) is 0.176. The van der Waals surface area contributed by atoms with Crippen LogP contribution >= 0.6 is 0 Å². The molecule has 0 fully saturated rings. The number of nitrogens with zero attached hydrogens (tertiary/aromatic N) is 4. The Hall–Kier alpha value is -3.01. The van der Waals surface area contributed by atoms with Crippen LogP contribution in [0, 0.1) is 11.3 Å². The van der Waals surface area contributed by atoms with Gasteiger partial charge in [-0.15, -0.1) is 0 Å². The summed E-state index contributed by atoms with van der Waals surface area (Å²) in [6.07, 6.45) is -1.20. The van der Waals surface area contributed by atoms with E-state index in [0.717, 1.165) is 23.3 Å². The zero-order chi connectivity index (χ0) is 17.5. The zero-order valence-electron chi connectivity index (χ0n) is 13.0. The predicted octanol–water partition coefficient (Wildman–Crippen LogP) is 3.76. The maximum Gasteiger partial charge on any atom is 0.417 e. The largest absolute Gasteiger partial charge is 0.417 e. The summed E-state index contributed by atoms with van der Waals surface area (Å²) in [7, 11) is 3.25. The minimum absolute atomic E-state index is 0.213. The van der Waals surface area contributed by atoms with Crippen molar-refractivity contribution in [1.29, 1.82) is 5.26 Å². The molecule has 0 radical (unpaired) electrons. The molecule has 24 heavy (non-hydrogen) atoms. The van der Waals surface area contributed by atoms with Crippen LogP contribution in [0.4, 0.5) is 13.2 Å². The number of allylic oxidation sites excluding steroid dienone is 4. The summed E-state index contributed by atoms with van der Waals surface area (Å²) in [6.45, 7) is 0. The summed E-state index contributed by atoms with van der Waals surface area (Å²) < 4.78 is 40.2. The number of benzene rings is 1. The number of para-hydroxylation sites is 2. The van der Waals surface area contributed by atoms with Crippen LogP contribution in [-0.4, -0.2) is 27.7 Å². The molecule has 122 valence electrons. The Morgan fingerprint density at radius 2 is 1.88 bits per heavy atom. The lowest BCUT2D eigenvalue weighted by molar-refractivity contribution is -0.0892. The lowest BCUT2D eigenvalue weighted by Crippen LogP contribution is -2.21. The number of fused-ring (bicyclic) bond motifs is 1. The summed E-state index contributed by atoms with van der Waals surface area (Å²) in [6, 6.07) is 9.45. The number of aryl methyl sites for hydroxylation is 1. The molecule has 1 aliphatic heterocycles. The maximum absolute atomic E-state index is 12.8. The summed E-state index contributed by atoms with van der Waals surface area (Å²) in [5, 5.41) is 9.56. The van der Waals surface area contributed by atoms with E-state index in [1.54, 1.807) is 11.6 Å². The Balaban J connectivity index is 2.14. The van der Waals surface area contributed by atoms with Crippen molar-refractivity contribution in [2.75, 3.05) is 7.05 Å². The summed E-state index contributed by atoms with van der Waals surface area (Å²) in [5.74, 6) is 0.411. The number of hydrogen-bond acceptors (Lipinski definition) is 3. The van der Waals surface area contributed by atoms with Gasteiger partial charge in [-0.25, -0.2) is 4.98 Å². The third-order valence-electron chi connectivity index (χ3n) is 3.84. The van der Waals surface area contributed by atoms with Gasteiger partial charge in [0.15, 0.2) is 5.82 Å². The Morgan fingerprint density at radius 1 is 1.17 bits per heavy atom. The quantitative estimate of drug-likeness (QED) is 0.748. The van der Waals surface area contributed by atoms with E-state index in [2.05, 4.69) is 11.1 Å². The fourth-order valence-corrected chi connectivity index (χ4v) is 2.63. The van der Waals surface area contributed by atoms with Gasteiger partial charge in [0.2, 0.25) is 0 Å². The van der Waals surface area contributed by atoms with Crippen molar-refractivity contribution in [3.05, 3.63) is 59.7 Å². The van der Waals surface area contributed by atoms with Gasteiger partial charge in [0.05, 0.1) is 22.3 Å². The smallest absolute Gasteiger partial charge is 0.349 e. The molecule has 7 heteroatoms. The standard InChI is InChI=1S/C17H13F3N4/c1-23-10-11(17(18,19)20)7-8-14(23)12(9-21)16-22-13-5-3-4-6-15(13)24(16)2/h3-8,10H,1-2H3. The number of nitriles is 1. The number of halogens is 3. The van der Waals surface area contributed by atoms with E-state index >= 15 is 0 Å². The molecule has 0 atom stereocenters. The average Bonchev–Trinajstić information content (AvgIpc) is 2.86. The van der Waals surface area contributed by atoms with E-state index in [4.69, 9.17) is 0 Å². The minimum atomic E-state index is -4.43. The molecule has 2 heterocycles. The Kier molecular flexibility index (Phi) is 3.68. The van der Waals surface area contributed by atoms with Gasteiger partial charge < -0.3 is 9.47 Å². The maximum atomic E-state index is 12.8. The van der Waals surface area contributed by atoms with Crippen molar-refractivity contribution in [2.24, 2.45) is 7.05 Å². The van der Waals surface area contributed by atoms with E-state index in [1.807, 2.05) is 24.3 Å². The monoisotopic (exact) mass is 330 g/mol. The van der Waals surface area contributed by atoms with Gasteiger partial charge in [-0.3, -0.25) is 0 Å². The van der Waals surface area contributed by atoms with Crippen molar-refractivity contribution in [3.8, 4) is 6.07 Å². The molecule has 4 nitrogen and oxygen atoms in total. The second-order valence-corrected chi connectivity index (χ2v) is 5.38. The minimum Gasteiger partial charge on any atom is -0.349 e. The first kappa shape index (κ1) is 15.9. The number of aromatic nitrogens is 2. The third-order valence-corrected chi connectivity index (χ3v) is 3.84. The highest BCUT2D eigenvalue weighted by molar-refractivity contribution is 5.85. The second kappa shape index (κ2) is 5.57. The molecule has 0 unspecified atom stereocenters. The number of hydrogen-bond donors (Lipinski definition) is 0. The van der Waals surface area contributed by atoms with Gasteiger partial charge >= 0.3 is 6.18 Å². The average molecular weight is 330 g/mol. The van der Waals surface area contributed by atoms with Crippen molar-refractivity contribution in [2.45, 2.75) is 6.18 Å². The molecule has 2 aromatic rings. The zero-order valence-corrected chi connectivity index (χ0v) is 13.0. The van der Waals surface area contributed by atoms with Crippen molar-refractivity contribution >= 4 is 16.6 Å². The van der Waals surface area contributed by atoms with E-state index in [0.29, 0.717) is 11.5 Å². The van der Waals surface area contributed by atoms with Gasteiger partial charge in [0.1, 0.15) is 11.6 Å². The van der Waals surface area contributed by atoms with Gasteiger partial charge in [-0.05, 0) is 24.3 Å². The molecule has 3 rings (SSSR count). The molecular formula is C17H13F3N4. The van der Waals surface area contributed by atoms with E-state index in [1.165, 1.54) is 18.0 Å². The molecule has 0 spiro atoms. The van der Waals surface area contributed by atoms with Crippen LogP contribution in [0.3, 0.4) is 0 Å². The molecule has 0 bridgehead atoms. The first-order chi connectivity index (χ1) is 11.3. The highest BCUT2D eigenvalue weighted by Crippen LogP contribution is 2.33. The Morgan fingerprint density at radius 3 is 2.46 bits per heavy atom. The lowest BCUT2D eigenvalue weighted by atomic mass is 10.1. The van der Waals surface area contributed by atoms with Crippen LogP contribution in [0.2, 0.25) is 0 Å². The SMILES string of the molecule is CN1C=C(C(F)(F)F)C=CC1=C(C#N)c1nc2ccccc2n1C. The van der Waals surface area contributed by atoms with Crippen LogP contribution in [0.5, 0.6) is 0 Å². The molecular weight excluding hydrogens is 317 g/mol. The lowest BCUT2D eigenvalue weighted by Gasteiger charge is -2.23. The van der Waals surface area contributed by atoms with Gasteiger partial charge in [0.25, 0.3) is 0 Å². The predicted molar refractivity (Wildman–Crippen MR) is 84.3 cm³/mol. The summed E-state index contributed by atoms with van der Waals surface area (Å²) >= 11 is 0. The van der Waals surface area contributed by atoms with Crippen molar-refractivity contribution < 1.29 is 13.2 Å². The third kappa shape index (κ3) is 2.56. The van der Waals surface area contributed by atoms with Crippen molar-refractivity contribution in [1.82, 2.24) is 14.5 Å². The second-order valence-electron chi connectivity index (χ2n) is 5.38. The van der Waals surface area contributed by atoms with Crippen LogP contribution in [0.25, 0.3) is 16.6 Å². The van der Waals surface area contributed by atoms with Crippen LogP contribution in [0.15, 0.2) is 53.9 Å². The number of alkyl halides is 3. The van der Waals surface area contributed by atoms with Crippen LogP contribution in [0.1, 0.15) is 5.82 Å². The van der Waals surface area contributed by atoms with Gasteiger partial charge in [-0.2, -0.15) is 18.4 Å². The number of imidazole rings is 1. The van der Waals surface area contributed by atoms with Crippen LogP contribution < -0.4 is 0 Å². The summed E-state index contributed by atoms with van der Waals surface area (Å²) in [5.41, 5.74) is 1.37. The molecule has 0 amide bonds. The Labute approximate surface area is 136 Å². The van der Waals surface area contributed by atoms with Crippen LogP contribution in [-0.2, 0) is 7.05 Å². The van der Waals surface area contributed by atoms with E-state index < -0.39 is 11.7 Å². The topological polar surface area (TPSA) is 44.9 Å². The van der Waals surface area contributed by atoms with Gasteiger partial charge in [0, 0.05) is 20.3 Å². The van der Waals surface area contributed by atoms with E-state index in [-0.39, 0.29) is 5.57 Å². The van der Waals surface area contributed by atoms with E-state index in [9.17, 15) is 18.4 Å². The fourth-order valence-electron chi connectivity index (χ4n) is 2.63. The molecule has 1 aliphatic rings. The highest BCUT2D eigenvalue weighted by Gasteiger charge is 2.34. The molecule has 1 aromatic heterocycles. The molecule has 1 aromatic carbocycles. The normalized spacial score (nSPS) is 17.0. The molecule has 0 N–H and O–H groups in total. The highest BCUT2D eigenvalue weighted by atomic mass is 19.4. The Bertz CT molecular complexity index is 939.